The maximum absolute atomic E-state index is 12.6. The Labute approximate surface area is 183 Å². The summed E-state index contributed by atoms with van der Waals surface area (Å²) in [6.07, 6.45) is 3.60. The predicted octanol–water partition coefficient (Wildman–Crippen LogP) is 2.55. The summed E-state index contributed by atoms with van der Waals surface area (Å²) in [5.74, 6) is 2.82. The molecule has 10 heteroatoms. The Balaban J connectivity index is 1.14. The molecule has 0 spiro atoms. The number of anilines is 1. The quantitative estimate of drug-likeness (QED) is 0.442. The maximum Gasteiger partial charge on any atom is 0.257 e. The minimum Gasteiger partial charge on any atom is -0.431 e. The zero-order valence-corrected chi connectivity index (χ0v) is 17.8. The molecule has 31 heavy (non-hydrogen) atoms. The Morgan fingerprint density at radius 1 is 1.06 bits per heavy atom. The van der Waals surface area contributed by atoms with E-state index in [1.807, 2.05) is 59.0 Å². The minimum atomic E-state index is 0.0870. The second-order valence-electron chi connectivity index (χ2n) is 7.20. The zero-order valence-electron chi connectivity index (χ0n) is 17.0. The molecule has 1 fully saturated rings. The Bertz CT molecular complexity index is 1160. The van der Waals surface area contributed by atoms with Crippen molar-refractivity contribution in [1.29, 1.82) is 0 Å². The van der Waals surface area contributed by atoms with Gasteiger partial charge in [-0.25, -0.2) is 9.97 Å². The number of oxazole rings is 1. The van der Waals surface area contributed by atoms with E-state index in [4.69, 9.17) is 4.42 Å². The third kappa shape index (κ3) is 4.11. The number of benzene rings is 1. The first kappa shape index (κ1) is 19.6. The van der Waals surface area contributed by atoms with Gasteiger partial charge in [0.1, 0.15) is 11.3 Å². The third-order valence-electron chi connectivity index (χ3n) is 5.26. The molecule has 1 amide bonds. The summed E-state index contributed by atoms with van der Waals surface area (Å²) < 4.78 is 7.57. The van der Waals surface area contributed by atoms with Crippen LogP contribution in [0.15, 0.2) is 58.4 Å². The van der Waals surface area contributed by atoms with Gasteiger partial charge in [0.2, 0.25) is 5.91 Å². The normalized spacial score (nSPS) is 14.4. The van der Waals surface area contributed by atoms with Crippen LogP contribution in [0.3, 0.4) is 0 Å². The van der Waals surface area contributed by atoms with Crippen LogP contribution in [0.25, 0.3) is 16.9 Å². The first-order chi connectivity index (χ1) is 15.2. The van der Waals surface area contributed by atoms with Crippen LogP contribution in [-0.4, -0.2) is 67.5 Å². The lowest BCUT2D eigenvalue weighted by molar-refractivity contribution is -0.128. The van der Waals surface area contributed by atoms with E-state index in [0.29, 0.717) is 24.1 Å². The van der Waals surface area contributed by atoms with E-state index >= 15 is 0 Å². The number of carbonyl (C=O) groups excluding carboxylic acids is 1. The largest absolute Gasteiger partial charge is 0.431 e. The summed E-state index contributed by atoms with van der Waals surface area (Å²) in [7, 11) is 0. The minimum absolute atomic E-state index is 0.0870. The Hall–Kier alpha value is -3.40. The molecular weight excluding hydrogens is 414 g/mol. The van der Waals surface area contributed by atoms with Crippen LogP contribution in [0.4, 0.5) is 5.82 Å². The average Bonchev–Trinajstić information content (AvgIpc) is 3.43. The molecule has 4 heterocycles. The smallest absolute Gasteiger partial charge is 0.257 e. The van der Waals surface area contributed by atoms with Crippen LogP contribution >= 0.6 is 11.8 Å². The SMILES string of the molecule is Cc1nccn1-c1ccc(N2CCN(C(=O)CSc3nc4ccccc4o3)CC2)nn1. The van der Waals surface area contributed by atoms with Gasteiger partial charge >= 0.3 is 0 Å². The predicted molar refractivity (Wildman–Crippen MR) is 117 cm³/mol. The first-order valence-electron chi connectivity index (χ1n) is 10.0. The number of hydrogen-bond donors (Lipinski definition) is 0. The summed E-state index contributed by atoms with van der Waals surface area (Å²) in [5.41, 5.74) is 1.54. The highest BCUT2D eigenvalue weighted by Gasteiger charge is 2.23. The van der Waals surface area contributed by atoms with Crippen molar-refractivity contribution in [1.82, 2.24) is 29.6 Å². The number of rotatable bonds is 5. The van der Waals surface area contributed by atoms with Gasteiger partial charge in [-0.15, -0.1) is 10.2 Å². The molecule has 0 atom stereocenters. The molecule has 1 aliphatic rings. The molecule has 0 bridgehead atoms. The third-order valence-corrected chi connectivity index (χ3v) is 6.07. The van der Waals surface area contributed by atoms with Gasteiger partial charge in [-0.1, -0.05) is 23.9 Å². The highest BCUT2D eigenvalue weighted by Crippen LogP contribution is 2.23. The van der Waals surface area contributed by atoms with Crippen LogP contribution in [0.2, 0.25) is 0 Å². The van der Waals surface area contributed by atoms with E-state index in [9.17, 15) is 4.79 Å². The van der Waals surface area contributed by atoms with Crippen molar-refractivity contribution in [3.8, 4) is 5.82 Å². The van der Waals surface area contributed by atoms with Crippen molar-refractivity contribution in [3.63, 3.8) is 0 Å². The molecule has 4 aromatic rings. The van der Waals surface area contributed by atoms with Crippen molar-refractivity contribution in [2.45, 2.75) is 12.1 Å². The van der Waals surface area contributed by atoms with Crippen molar-refractivity contribution >= 4 is 34.6 Å². The fourth-order valence-corrected chi connectivity index (χ4v) is 4.29. The van der Waals surface area contributed by atoms with Gasteiger partial charge in [-0.2, -0.15) is 0 Å². The van der Waals surface area contributed by atoms with Crippen LogP contribution in [0.1, 0.15) is 5.82 Å². The number of aromatic nitrogens is 5. The topological polar surface area (TPSA) is 93.2 Å². The average molecular weight is 436 g/mol. The lowest BCUT2D eigenvalue weighted by Gasteiger charge is -2.35. The van der Waals surface area contributed by atoms with Crippen molar-refractivity contribution in [3.05, 3.63) is 54.6 Å². The molecular formula is C21H21N7O2S. The highest BCUT2D eigenvalue weighted by atomic mass is 32.2. The van der Waals surface area contributed by atoms with E-state index in [-0.39, 0.29) is 5.91 Å². The second-order valence-corrected chi connectivity index (χ2v) is 8.12. The molecule has 0 saturated carbocycles. The van der Waals surface area contributed by atoms with Crippen molar-refractivity contribution in [2.75, 3.05) is 36.8 Å². The molecule has 9 nitrogen and oxygen atoms in total. The van der Waals surface area contributed by atoms with E-state index in [0.717, 1.165) is 41.6 Å². The fourth-order valence-electron chi connectivity index (χ4n) is 3.55. The number of thioether (sulfide) groups is 1. The molecule has 1 aliphatic heterocycles. The highest BCUT2D eigenvalue weighted by molar-refractivity contribution is 7.99. The van der Waals surface area contributed by atoms with Gasteiger partial charge in [0, 0.05) is 38.6 Å². The zero-order chi connectivity index (χ0) is 21.2. The number of piperazine rings is 1. The van der Waals surface area contributed by atoms with Gasteiger partial charge in [0.05, 0.1) is 5.75 Å². The Morgan fingerprint density at radius 2 is 1.84 bits per heavy atom. The van der Waals surface area contributed by atoms with Crippen molar-refractivity contribution < 1.29 is 9.21 Å². The number of carbonyl (C=O) groups is 1. The number of hydrogen-bond acceptors (Lipinski definition) is 8. The second kappa shape index (κ2) is 8.38. The number of para-hydroxylation sites is 2. The van der Waals surface area contributed by atoms with Crippen LogP contribution in [-0.2, 0) is 4.79 Å². The van der Waals surface area contributed by atoms with E-state index in [1.54, 1.807) is 6.20 Å². The summed E-state index contributed by atoms with van der Waals surface area (Å²) in [5, 5.41) is 9.21. The number of amides is 1. The van der Waals surface area contributed by atoms with Gasteiger partial charge in [-0.3, -0.25) is 9.36 Å². The number of fused-ring (bicyclic) bond motifs is 1. The molecule has 0 unspecified atom stereocenters. The molecule has 3 aromatic heterocycles. The lowest BCUT2D eigenvalue weighted by Crippen LogP contribution is -2.49. The Morgan fingerprint density at radius 3 is 2.55 bits per heavy atom. The van der Waals surface area contributed by atoms with Gasteiger partial charge in [0.25, 0.3) is 5.22 Å². The molecule has 0 N–H and O–H groups in total. The van der Waals surface area contributed by atoms with E-state index < -0.39 is 0 Å². The molecule has 1 aromatic carbocycles. The van der Waals surface area contributed by atoms with Gasteiger partial charge in [-0.05, 0) is 31.2 Å². The molecule has 0 radical (unpaired) electrons. The van der Waals surface area contributed by atoms with E-state index in [2.05, 4.69) is 25.1 Å². The number of nitrogens with zero attached hydrogens (tertiary/aromatic N) is 7. The fraction of sp³-hybridized carbons (Fsp3) is 0.286. The Kier molecular flexibility index (Phi) is 5.29. The summed E-state index contributed by atoms with van der Waals surface area (Å²) in [4.78, 5) is 25.3. The number of aryl methyl sites for hydroxylation is 1. The monoisotopic (exact) mass is 435 g/mol. The molecule has 1 saturated heterocycles. The lowest BCUT2D eigenvalue weighted by atomic mass is 10.3. The van der Waals surface area contributed by atoms with E-state index in [1.165, 1.54) is 11.8 Å². The molecule has 0 aliphatic carbocycles. The van der Waals surface area contributed by atoms with Crippen LogP contribution in [0, 0.1) is 6.92 Å². The standard InChI is InChI=1S/C21H21N7O2S/c1-15-22-8-9-28(15)19-7-6-18(24-25-19)26-10-12-27(13-11-26)20(29)14-31-21-23-16-4-2-3-5-17(16)30-21/h2-9H,10-14H2,1H3. The molecule has 5 rings (SSSR count). The van der Waals surface area contributed by atoms with Gasteiger partial charge < -0.3 is 14.2 Å². The maximum atomic E-state index is 12.6. The molecule has 158 valence electrons. The summed E-state index contributed by atoms with van der Waals surface area (Å²) in [6, 6.07) is 11.5. The number of imidazole rings is 1. The van der Waals surface area contributed by atoms with Crippen LogP contribution in [0.5, 0.6) is 0 Å². The summed E-state index contributed by atoms with van der Waals surface area (Å²) in [6.45, 7) is 4.66. The van der Waals surface area contributed by atoms with Gasteiger partial charge in [0.15, 0.2) is 17.2 Å². The van der Waals surface area contributed by atoms with Crippen molar-refractivity contribution in [2.24, 2.45) is 0 Å². The summed E-state index contributed by atoms with van der Waals surface area (Å²) >= 11 is 1.33. The van der Waals surface area contributed by atoms with Crippen LogP contribution < -0.4 is 4.90 Å². The first-order valence-corrected chi connectivity index (χ1v) is 11.0.